The molecule has 2 aliphatic rings. The lowest BCUT2D eigenvalue weighted by Crippen LogP contribution is -2.46. The van der Waals surface area contributed by atoms with Crippen LogP contribution in [0.2, 0.25) is 0 Å². The van der Waals surface area contributed by atoms with Gasteiger partial charge in [-0.05, 0) is 38.6 Å². The number of nitrogens with one attached hydrogen (secondary N) is 1. The lowest BCUT2D eigenvalue weighted by Gasteiger charge is -2.45. The van der Waals surface area contributed by atoms with E-state index >= 15 is 0 Å². The van der Waals surface area contributed by atoms with E-state index < -0.39 is 0 Å². The highest BCUT2D eigenvalue weighted by molar-refractivity contribution is 4.91. The summed E-state index contributed by atoms with van der Waals surface area (Å²) in [6, 6.07) is 0. The standard InChI is InChI=1S/C13H25NO/c1-14-10-13(8-5-9-15-11-13)12-6-3-2-4-7-12/h12,14H,2-11H2,1H3. The first kappa shape index (κ1) is 11.4. The van der Waals surface area contributed by atoms with Gasteiger partial charge in [-0.25, -0.2) is 0 Å². The Kier molecular flexibility index (Phi) is 4.04. The average molecular weight is 211 g/mol. The van der Waals surface area contributed by atoms with Crippen LogP contribution >= 0.6 is 0 Å². The molecule has 2 nitrogen and oxygen atoms in total. The molecule has 0 aromatic heterocycles. The molecule has 15 heavy (non-hydrogen) atoms. The number of hydrogen-bond donors (Lipinski definition) is 1. The highest BCUT2D eigenvalue weighted by Crippen LogP contribution is 2.43. The Bertz CT molecular complexity index is 175. The molecule has 1 heterocycles. The number of rotatable bonds is 3. The summed E-state index contributed by atoms with van der Waals surface area (Å²) in [5.41, 5.74) is 0.466. The molecular formula is C13H25NO. The van der Waals surface area contributed by atoms with E-state index in [-0.39, 0.29) is 0 Å². The summed E-state index contributed by atoms with van der Waals surface area (Å²) in [7, 11) is 2.08. The van der Waals surface area contributed by atoms with Crippen molar-refractivity contribution in [1.82, 2.24) is 5.32 Å². The topological polar surface area (TPSA) is 21.3 Å². The molecule has 1 unspecified atom stereocenters. The molecular weight excluding hydrogens is 186 g/mol. The maximum absolute atomic E-state index is 5.75. The molecule has 1 aliphatic carbocycles. The zero-order chi connectivity index (χ0) is 10.6. The van der Waals surface area contributed by atoms with E-state index in [0.717, 1.165) is 25.7 Å². The van der Waals surface area contributed by atoms with Gasteiger partial charge in [0.15, 0.2) is 0 Å². The minimum Gasteiger partial charge on any atom is -0.381 e. The fourth-order valence-electron chi connectivity index (χ4n) is 3.55. The highest BCUT2D eigenvalue weighted by atomic mass is 16.5. The van der Waals surface area contributed by atoms with Gasteiger partial charge in [-0.2, -0.15) is 0 Å². The summed E-state index contributed by atoms with van der Waals surface area (Å²) >= 11 is 0. The van der Waals surface area contributed by atoms with Crippen molar-refractivity contribution in [3.8, 4) is 0 Å². The van der Waals surface area contributed by atoms with Crippen LogP contribution < -0.4 is 5.32 Å². The van der Waals surface area contributed by atoms with Gasteiger partial charge >= 0.3 is 0 Å². The van der Waals surface area contributed by atoms with E-state index in [2.05, 4.69) is 12.4 Å². The van der Waals surface area contributed by atoms with E-state index in [0.29, 0.717) is 5.41 Å². The largest absolute Gasteiger partial charge is 0.381 e. The van der Waals surface area contributed by atoms with Crippen LogP contribution in [0, 0.1) is 11.3 Å². The van der Waals surface area contributed by atoms with E-state index in [1.165, 1.54) is 44.9 Å². The van der Waals surface area contributed by atoms with Crippen molar-refractivity contribution in [2.75, 3.05) is 26.8 Å². The van der Waals surface area contributed by atoms with Gasteiger partial charge in [-0.3, -0.25) is 0 Å². The summed E-state index contributed by atoms with van der Waals surface area (Å²) in [5.74, 6) is 0.916. The fraction of sp³-hybridized carbons (Fsp3) is 1.00. The van der Waals surface area contributed by atoms with Crippen LogP contribution in [-0.4, -0.2) is 26.8 Å². The zero-order valence-corrected chi connectivity index (χ0v) is 10.1. The summed E-state index contributed by atoms with van der Waals surface area (Å²) in [5, 5.41) is 3.40. The van der Waals surface area contributed by atoms with Gasteiger partial charge in [-0.15, -0.1) is 0 Å². The molecule has 0 radical (unpaired) electrons. The Balaban J connectivity index is 2.01. The lowest BCUT2D eigenvalue weighted by molar-refractivity contribution is -0.0500. The third kappa shape index (κ3) is 2.54. The molecule has 88 valence electrons. The SMILES string of the molecule is CNCC1(C2CCCCC2)CCCOC1. The minimum absolute atomic E-state index is 0.466. The van der Waals surface area contributed by atoms with E-state index in [1.54, 1.807) is 0 Å². The molecule has 2 rings (SSSR count). The summed E-state index contributed by atoms with van der Waals surface area (Å²) in [4.78, 5) is 0. The van der Waals surface area contributed by atoms with Crippen LogP contribution in [0.15, 0.2) is 0 Å². The van der Waals surface area contributed by atoms with Gasteiger partial charge in [0.05, 0.1) is 6.61 Å². The predicted molar refractivity (Wildman–Crippen MR) is 63.0 cm³/mol. The van der Waals surface area contributed by atoms with E-state index in [1.807, 2.05) is 0 Å². The third-order valence-electron chi connectivity index (χ3n) is 4.35. The minimum atomic E-state index is 0.466. The highest BCUT2D eigenvalue weighted by Gasteiger charge is 2.40. The molecule has 0 bridgehead atoms. The Morgan fingerprint density at radius 2 is 2.00 bits per heavy atom. The van der Waals surface area contributed by atoms with Crippen LogP contribution in [0.1, 0.15) is 44.9 Å². The van der Waals surface area contributed by atoms with Gasteiger partial charge in [0.1, 0.15) is 0 Å². The molecule has 1 atom stereocenters. The lowest BCUT2D eigenvalue weighted by atomic mass is 9.66. The van der Waals surface area contributed by atoms with Gasteiger partial charge in [-0.1, -0.05) is 19.3 Å². The normalized spacial score (nSPS) is 34.2. The van der Waals surface area contributed by atoms with Gasteiger partial charge in [0.25, 0.3) is 0 Å². The summed E-state index contributed by atoms with van der Waals surface area (Å²) in [6.45, 7) is 3.13. The Hall–Kier alpha value is -0.0800. The first-order valence-corrected chi connectivity index (χ1v) is 6.60. The maximum Gasteiger partial charge on any atom is 0.0537 e. The Morgan fingerprint density at radius 1 is 1.20 bits per heavy atom. The average Bonchev–Trinajstić information content (AvgIpc) is 2.32. The van der Waals surface area contributed by atoms with Gasteiger partial charge in [0.2, 0.25) is 0 Å². The van der Waals surface area contributed by atoms with Crippen LogP contribution in [0.4, 0.5) is 0 Å². The number of ether oxygens (including phenoxy) is 1. The van der Waals surface area contributed by atoms with Crippen LogP contribution in [0.5, 0.6) is 0 Å². The second-order valence-corrected chi connectivity index (χ2v) is 5.38. The summed E-state index contributed by atoms with van der Waals surface area (Å²) in [6.07, 6.45) is 9.84. The maximum atomic E-state index is 5.75. The zero-order valence-electron chi connectivity index (χ0n) is 10.1. The van der Waals surface area contributed by atoms with Crippen LogP contribution in [0.25, 0.3) is 0 Å². The van der Waals surface area contributed by atoms with Crippen molar-refractivity contribution in [1.29, 1.82) is 0 Å². The van der Waals surface area contributed by atoms with Crippen LogP contribution in [-0.2, 0) is 4.74 Å². The van der Waals surface area contributed by atoms with Crippen molar-refractivity contribution in [2.45, 2.75) is 44.9 Å². The van der Waals surface area contributed by atoms with E-state index in [9.17, 15) is 0 Å². The molecule has 1 N–H and O–H groups in total. The van der Waals surface area contributed by atoms with Gasteiger partial charge < -0.3 is 10.1 Å². The van der Waals surface area contributed by atoms with Gasteiger partial charge in [0, 0.05) is 18.6 Å². The molecule has 1 saturated carbocycles. The van der Waals surface area contributed by atoms with Crippen molar-refractivity contribution in [2.24, 2.45) is 11.3 Å². The molecule has 2 fully saturated rings. The molecule has 1 saturated heterocycles. The van der Waals surface area contributed by atoms with Crippen molar-refractivity contribution in [3.63, 3.8) is 0 Å². The molecule has 0 aromatic rings. The molecule has 1 aliphatic heterocycles. The molecule has 0 aromatic carbocycles. The summed E-state index contributed by atoms with van der Waals surface area (Å²) < 4.78 is 5.75. The van der Waals surface area contributed by atoms with Crippen molar-refractivity contribution >= 4 is 0 Å². The fourth-order valence-corrected chi connectivity index (χ4v) is 3.55. The first-order chi connectivity index (χ1) is 7.37. The second kappa shape index (κ2) is 5.31. The Morgan fingerprint density at radius 3 is 2.60 bits per heavy atom. The monoisotopic (exact) mass is 211 g/mol. The van der Waals surface area contributed by atoms with E-state index in [4.69, 9.17) is 4.74 Å². The molecule has 0 amide bonds. The quantitative estimate of drug-likeness (QED) is 0.774. The Labute approximate surface area is 93.8 Å². The predicted octanol–water partition coefficient (Wildman–Crippen LogP) is 2.58. The third-order valence-corrected chi connectivity index (χ3v) is 4.35. The second-order valence-electron chi connectivity index (χ2n) is 5.38. The van der Waals surface area contributed by atoms with Crippen molar-refractivity contribution < 1.29 is 4.74 Å². The molecule has 0 spiro atoms. The first-order valence-electron chi connectivity index (χ1n) is 6.60. The molecule has 2 heteroatoms. The van der Waals surface area contributed by atoms with Crippen molar-refractivity contribution in [3.05, 3.63) is 0 Å². The van der Waals surface area contributed by atoms with Crippen LogP contribution in [0.3, 0.4) is 0 Å². The smallest absolute Gasteiger partial charge is 0.0537 e. The number of hydrogen-bond acceptors (Lipinski definition) is 2.